The molecule has 2 N–H and O–H groups in total. The van der Waals surface area contributed by atoms with Crippen molar-refractivity contribution in [3.63, 3.8) is 0 Å². The summed E-state index contributed by atoms with van der Waals surface area (Å²) in [6.07, 6.45) is 8.68. The zero-order chi connectivity index (χ0) is 12.4. The molecule has 0 amide bonds. The van der Waals surface area contributed by atoms with Crippen LogP contribution in [0.2, 0.25) is 0 Å². The zero-order valence-electron chi connectivity index (χ0n) is 10.5. The Kier molecular flexibility index (Phi) is 3.15. The van der Waals surface area contributed by atoms with Gasteiger partial charge in [0.05, 0.1) is 24.3 Å². The Morgan fingerprint density at radius 3 is 2.67 bits per heavy atom. The van der Waals surface area contributed by atoms with Crippen molar-refractivity contribution >= 4 is 0 Å². The average Bonchev–Trinajstić information content (AvgIpc) is 2.89. The van der Waals surface area contributed by atoms with Crippen molar-refractivity contribution < 1.29 is 0 Å². The molecule has 1 aromatic carbocycles. The van der Waals surface area contributed by atoms with Gasteiger partial charge in [-0.2, -0.15) is 0 Å². The third-order valence-electron chi connectivity index (χ3n) is 3.87. The second kappa shape index (κ2) is 4.94. The van der Waals surface area contributed by atoms with E-state index in [-0.39, 0.29) is 6.04 Å². The summed E-state index contributed by atoms with van der Waals surface area (Å²) in [6, 6.07) is 11.1. The van der Waals surface area contributed by atoms with Crippen molar-refractivity contribution in [2.24, 2.45) is 5.73 Å². The van der Waals surface area contributed by atoms with Crippen LogP contribution in [0.15, 0.2) is 42.9 Å². The van der Waals surface area contributed by atoms with E-state index >= 15 is 0 Å². The molecule has 18 heavy (non-hydrogen) atoms. The Bertz CT molecular complexity index is 503. The molecular formula is C15H19N3. The van der Waals surface area contributed by atoms with Gasteiger partial charge in [-0.05, 0) is 18.4 Å². The fraction of sp³-hybridized carbons (Fsp3) is 0.400. The Morgan fingerprint density at radius 1 is 1.11 bits per heavy atom. The van der Waals surface area contributed by atoms with E-state index in [1.165, 1.54) is 24.1 Å². The van der Waals surface area contributed by atoms with Gasteiger partial charge < -0.3 is 10.3 Å². The summed E-state index contributed by atoms with van der Waals surface area (Å²) in [5, 5.41) is 0. The predicted molar refractivity (Wildman–Crippen MR) is 73.1 cm³/mol. The highest BCUT2D eigenvalue weighted by Gasteiger charge is 2.24. The number of nitrogens with zero attached hydrogens (tertiary/aromatic N) is 2. The first-order chi connectivity index (χ1) is 8.86. The number of aromatic nitrogens is 2. The summed E-state index contributed by atoms with van der Waals surface area (Å²) in [5.74, 6) is 0. The van der Waals surface area contributed by atoms with E-state index in [1.807, 2.05) is 18.6 Å². The quantitative estimate of drug-likeness (QED) is 0.878. The molecule has 1 heterocycles. The van der Waals surface area contributed by atoms with Crippen LogP contribution >= 0.6 is 0 Å². The lowest BCUT2D eigenvalue weighted by Crippen LogP contribution is -2.34. The van der Waals surface area contributed by atoms with Crippen LogP contribution in [0.5, 0.6) is 0 Å². The van der Waals surface area contributed by atoms with Crippen LogP contribution in [0.1, 0.15) is 31.7 Å². The van der Waals surface area contributed by atoms with Gasteiger partial charge in [-0.25, -0.2) is 4.98 Å². The third-order valence-corrected chi connectivity index (χ3v) is 3.87. The highest BCUT2D eigenvalue weighted by atomic mass is 15.1. The first-order valence-corrected chi connectivity index (χ1v) is 6.69. The number of hydrogen-bond donors (Lipinski definition) is 1. The zero-order valence-corrected chi connectivity index (χ0v) is 10.5. The maximum Gasteiger partial charge on any atom is 0.0954 e. The first kappa shape index (κ1) is 11.5. The fourth-order valence-corrected chi connectivity index (χ4v) is 2.89. The topological polar surface area (TPSA) is 43.8 Å². The molecular weight excluding hydrogens is 222 g/mol. The molecule has 0 saturated heterocycles. The van der Waals surface area contributed by atoms with Crippen molar-refractivity contribution in [3.05, 3.63) is 42.9 Å². The summed E-state index contributed by atoms with van der Waals surface area (Å²) in [4.78, 5) is 4.32. The van der Waals surface area contributed by atoms with E-state index in [1.54, 1.807) is 0 Å². The molecule has 94 valence electrons. The minimum atomic E-state index is 0.260. The van der Waals surface area contributed by atoms with Gasteiger partial charge in [0.25, 0.3) is 0 Å². The number of rotatable bonds is 2. The van der Waals surface area contributed by atoms with Gasteiger partial charge in [-0.1, -0.05) is 43.2 Å². The van der Waals surface area contributed by atoms with Gasteiger partial charge in [-0.3, -0.25) is 0 Å². The Labute approximate surface area is 108 Å². The summed E-state index contributed by atoms with van der Waals surface area (Å²) in [5.41, 5.74) is 8.66. The molecule has 0 aliphatic heterocycles. The third kappa shape index (κ3) is 2.06. The minimum absolute atomic E-state index is 0.260. The van der Waals surface area contributed by atoms with Crippen LogP contribution in [-0.2, 0) is 0 Å². The van der Waals surface area contributed by atoms with E-state index < -0.39 is 0 Å². The van der Waals surface area contributed by atoms with Crippen LogP contribution in [0, 0.1) is 0 Å². The van der Waals surface area contributed by atoms with Crippen LogP contribution in [-0.4, -0.2) is 15.6 Å². The van der Waals surface area contributed by atoms with Crippen molar-refractivity contribution in [2.75, 3.05) is 0 Å². The maximum atomic E-state index is 6.27. The molecule has 3 nitrogen and oxygen atoms in total. The molecule has 1 saturated carbocycles. The lowest BCUT2D eigenvalue weighted by molar-refractivity contribution is 0.308. The second-order valence-corrected chi connectivity index (χ2v) is 5.07. The molecule has 2 aromatic rings. The molecule has 3 heteroatoms. The normalized spacial score (nSPS) is 24.1. The lowest BCUT2D eigenvalue weighted by Gasteiger charge is -2.30. The molecule has 0 bridgehead atoms. The highest BCUT2D eigenvalue weighted by molar-refractivity contribution is 5.58. The molecule has 0 spiro atoms. The first-order valence-electron chi connectivity index (χ1n) is 6.69. The van der Waals surface area contributed by atoms with E-state index in [0.29, 0.717) is 6.04 Å². The number of imidazole rings is 1. The predicted octanol–water partition coefficient (Wildman–Crippen LogP) is 2.99. The van der Waals surface area contributed by atoms with Crippen molar-refractivity contribution in [2.45, 2.75) is 37.8 Å². The van der Waals surface area contributed by atoms with Crippen molar-refractivity contribution in [3.8, 4) is 11.3 Å². The molecule has 1 aliphatic carbocycles. The summed E-state index contributed by atoms with van der Waals surface area (Å²) in [7, 11) is 0. The molecule has 1 aliphatic rings. The molecule has 2 atom stereocenters. The van der Waals surface area contributed by atoms with Gasteiger partial charge in [0.15, 0.2) is 0 Å². The Morgan fingerprint density at radius 2 is 1.89 bits per heavy atom. The Balaban J connectivity index is 1.96. The fourth-order valence-electron chi connectivity index (χ4n) is 2.89. The molecule has 0 radical (unpaired) electrons. The van der Waals surface area contributed by atoms with Crippen molar-refractivity contribution in [1.29, 1.82) is 0 Å². The molecule has 1 fully saturated rings. The van der Waals surface area contributed by atoms with E-state index in [4.69, 9.17) is 5.73 Å². The van der Waals surface area contributed by atoms with E-state index in [9.17, 15) is 0 Å². The van der Waals surface area contributed by atoms with E-state index in [0.717, 1.165) is 12.8 Å². The Hall–Kier alpha value is -1.61. The highest BCUT2D eigenvalue weighted by Crippen LogP contribution is 2.31. The van der Waals surface area contributed by atoms with Crippen LogP contribution in [0.4, 0.5) is 0 Å². The summed E-state index contributed by atoms with van der Waals surface area (Å²) in [6.45, 7) is 0. The molecule has 1 aromatic heterocycles. The smallest absolute Gasteiger partial charge is 0.0954 e. The van der Waals surface area contributed by atoms with Gasteiger partial charge >= 0.3 is 0 Å². The monoisotopic (exact) mass is 241 g/mol. The van der Waals surface area contributed by atoms with Crippen LogP contribution in [0.3, 0.4) is 0 Å². The number of nitrogens with two attached hydrogens (primary N) is 1. The maximum absolute atomic E-state index is 6.27. The van der Waals surface area contributed by atoms with Gasteiger partial charge in [0, 0.05) is 6.04 Å². The summed E-state index contributed by atoms with van der Waals surface area (Å²) >= 11 is 0. The average molecular weight is 241 g/mol. The number of hydrogen-bond acceptors (Lipinski definition) is 2. The largest absolute Gasteiger partial charge is 0.326 e. The molecule has 3 rings (SSSR count). The van der Waals surface area contributed by atoms with Gasteiger partial charge in [-0.15, -0.1) is 0 Å². The summed E-state index contributed by atoms with van der Waals surface area (Å²) < 4.78 is 2.26. The second-order valence-electron chi connectivity index (χ2n) is 5.07. The van der Waals surface area contributed by atoms with Crippen molar-refractivity contribution in [1.82, 2.24) is 9.55 Å². The number of benzene rings is 1. The SMILES string of the molecule is NC1CCCCC1n1cncc1-c1ccccc1. The van der Waals surface area contributed by atoms with Crippen LogP contribution < -0.4 is 5.73 Å². The van der Waals surface area contributed by atoms with E-state index in [2.05, 4.69) is 33.8 Å². The van der Waals surface area contributed by atoms with Crippen LogP contribution in [0.25, 0.3) is 11.3 Å². The van der Waals surface area contributed by atoms with Gasteiger partial charge in [0.2, 0.25) is 0 Å². The minimum Gasteiger partial charge on any atom is -0.326 e. The molecule has 2 unspecified atom stereocenters. The van der Waals surface area contributed by atoms with Gasteiger partial charge in [0.1, 0.15) is 0 Å². The lowest BCUT2D eigenvalue weighted by atomic mass is 9.90. The standard InChI is InChI=1S/C15H19N3/c16-13-8-4-5-9-14(13)18-11-17-10-15(18)12-6-2-1-3-7-12/h1-3,6-7,10-11,13-14H,4-5,8-9,16H2.